The molecule has 8 heteroatoms. The molecule has 2 aliphatic rings. The van der Waals surface area contributed by atoms with Crippen LogP contribution in [-0.2, 0) is 11.2 Å². The van der Waals surface area contributed by atoms with E-state index < -0.39 is 0 Å². The summed E-state index contributed by atoms with van der Waals surface area (Å²) in [5.41, 5.74) is 4.23. The fourth-order valence-corrected chi connectivity index (χ4v) is 5.19. The molecule has 0 atom stereocenters. The minimum absolute atomic E-state index is 0.0591. The number of amides is 2. The molecule has 3 aromatic rings. The fraction of sp³-hybridized carbons (Fsp3) is 0.357. The molecule has 0 spiro atoms. The standard InChI is InChI=1S/C28H30ClN5O2/c29-21-10-13-23-24(16-21)33-25(35)15-20-17-31-28(34-26(20)23)32-22-11-8-19(9-12-22)27(36)30-14-4-3-7-18-5-1-2-6-18/h8-13,16-18H,1-7,14-15H2,(H,30,36)(H,33,35)(H,31,32,34). The van der Waals surface area contributed by atoms with E-state index in [1.807, 2.05) is 18.2 Å². The summed E-state index contributed by atoms with van der Waals surface area (Å²) in [4.78, 5) is 33.8. The van der Waals surface area contributed by atoms with Crippen LogP contribution in [0.5, 0.6) is 0 Å². The molecular formula is C28H30ClN5O2. The van der Waals surface area contributed by atoms with Crippen molar-refractivity contribution in [2.24, 2.45) is 5.92 Å². The van der Waals surface area contributed by atoms with Crippen LogP contribution in [0.3, 0.4) is 0 Å². The van der Waals surface area contributed by atoms with Gasteiger partial charge in [-0.3, -0.25) is 9.59 Å². The number of fused-ring (bicyclic) bond motifs is 3. The van der Waals surface area contributed by atoms with Crippen molar-refractivity contribution in [3.05, 3.63) is 64.8 Å². The largest absolute Gasteiger partial charge is 0.352 e. The Labute approximate surface area is 216 Å². The lowest BCUT2D eigenvalue weighted by Crippen LogP contribution is -2.24. The van der Waals surface area contributed by atoms with Crippen molar-refractivity contribution in [3.63, 3.8) is 0 Å². The third-order valence-electron chi connectivity index (χ3n) is 6.93. The molecule has 0 unspecified atom stereocenters. The number of anilines is 3. The van der Waals surface area contributed by atoms with Gasteiger partial charge < -0.3 is 16.0 Å². The predicted octanol–water partition coefficient (Wildman–Crippen LogP) is 6.13. The third-order valence-corrected chi connectivity index (χ3v) is 7.16. The molecule has 0 saturated heterocycles. The molecule has 2 amide bonds. The van der Waals surface area contributed by atoms with Crippen molar-refractivity contribution >= 4 is 40.7 Å². The van der Waals surface area contributed by atoms with E-state index in [-0.39, 0.29) is 18.2 Å². The van der Waals surface area contributed by atoms with Crippen molar-refractivity contribution in [1.82, 2.24) is 15.3 Å². The smallest absolute Gasteiger partial charge is 0.251 e. The number of carbonyl (C=O) groups excluding carboxylic acids is 2. The first-order valence-corrected chi connectivity index (χ1v) is 13.0. The highest BCUT2D eigenvalue weighted by Crippen LogP contribution is 2.35. The average Bonchev–Trinajstić information content (AvgIpc) is 3.34. The number of unbranched alkanes of at least 4 members (excludes halogenated alkanes) is 1. The number of hydrogen-bond acceptors (Lipinski definition) is 5. The number of nitrogens with one attached hydrogen (secondary N) is 3. The van der Waals surface area contributed by atoms with Crippen LogP contribution in [0.25, 0.3) is 11.3 Å². The van der Waals surface area contributed by atoms with Gasteiger partial charge >= 0.3 is 0 Å². The Kier molecular flexibility index (Phi) is 7.47. The first-order chi connectivity index (χ1) is 17.5. The van der Waals surface area contributed by atoms with E-state index in [0.717, 1.165) is 29.2 Å². The van der Waals surface area contributed by atoms with Gasteiger partial charge in [0.05, 0.1) is 17.8 Å². The van der Waals surface area contributed by atoms with E-state index in [1.165, 1.54) is 38.5 Å². The monoisotopic (exact) mass is 503 g/mol. The number of rotatable bonds is 8. The summed E-state index contributed by atoms with van der Waals surface area (Å²) in [5.74, 6) is 1.11. The molecule has 1 saturated carbocycles. The molecule has 186 valence electrons. The SMILES string of the molecule is O=C1Cc2cnc(Nc3ccc(C(=O)NCCCCC4CCCC4)cc3)nc2-c2ccc(Cl)cc2N1. The van der Waals surface area contributed by atoms with Gasteiger partial charge in [0.1, 0.15) is 0 Å². The molecule has 1 aliphatic carbocycles. The van der Waals surface area contributed by atoms with E-state index in [9.17, 15) is 9.59 Å². The highest BCUT2D eigenvalue weighted by Gasteiger charge is 2.21. The zero-order valence-corrected chi connectivity index (χ0v) is 20.9. The number of aromatic nitrogens is 2. The van der Waals surface area contributed by atoms with Crippen LogP contribution in [0.4, 0.5) is 17.3 Å². The summed E-state index contributed by atoms with van der Waals surface area (Å²) >= 11 is 6.12. The number of nitrogens with zero attached hydrogens (tertiary/aromatic N) is 2. The molecule has 36 heavy (non-hydrogen) atoms. The van der Waals surface area contributed by atoms with Gasteiger partial charge in [-0.1, -0.05) is 50.1 Å². The predicted molar refractivity (Wildman–Crippen MR) is 143 cm³/mol. The Morgan fingerprint density at radius 1 is 1.08 bits per heavy atom. The van der Waals surface area contributed by atoms with Crippen molar-refractivity contribution in [1.29, 1.82) is 0 Å². The summed E-state index contributed by atoms with van der Waals surface area (Å²) in [7, 11) is 0. The van der Waals surface area contributed by atoms with Gasteiger partial charge in [0, 0.05) is 40.1 Å². The summed E-state index contributed by atoms with van der Waals surface area (Å²) in [6, 6.07) is 12.6. The molecule has 1 fully saturated rings. The highest BCUT2D eigenvalue weighted by molar-refractivity contribution is 6.31. The zero-order valence-electron chi connectivity index (χ0n) is 20.1. The van der Waals surface area contributed by atoms with E-state index in [1.54, 1.807) is 30.5 Å². The van der Waals surface area contributed by atoms with E-state index in [0.29, 0.717) is 34.5 Å². The minimum Gasteiger partial charge on any atom is -0.352 e. The van der Waals surface area contributed by atoms with Crippen LogP contribution in [-0.4, -0.2) is 28.3 Å². The van der Waals surface area contributed by atoms with Crippen LogP contribution in [0.2, 0.25) is 5.02 Å². The van der Waals surface area contributed by atoms with Crippen molar-refractivity contribution in [2.45, 2.75) is 51.4 Å². The molecular weight excluding hydrogens is 474 g/mol. The number of hydrogen-bond donors (Lipinski definition) is 3. The molecule has 2 aromatic carbocycles. The molecule has 5 rings (SSSR count). The number of halogens is 1. The van der Waals surface area contributed by atoms with Crippen LogP contribution in [0, 0.1) is 5.92 Å². The van der Waals surface area contributed by atoms with Gasteiger partial charge in [0.25, 0.3) is 5.91 Å². The lowest BCUT2D eigenvalue weighted by molar-refractivity contribution is -0.115. The maximum Gasteiger partial charge on any atom is 0.251 e. The zero-order chi connectivity index (χ0) is 24.9. The lowest BCUT2D eigenvalue weighted by atomic mass is 10.0. The lowest BCUT2D eigenvalue weighted by Gasteiger charge is -2.11. The normalized spacial score (nSPS) is 15.0. The number of carbonyl (C=O) groups is 2. The Morgan fingerprint density at radius 2 is 1.89 bits per heavy atom. The van der Waals surface area contributed by atoms with E-state index >= 15 is 0 Å². The average molecular weight is 504 g/mol. The second-order valence-corrected chi connectivity index (χ2v) is 10.0. The fourth-order valence-electron chi connectivity index (χ4n) is 5.02. The van der Waals surface area contributed by atoms with E-state index in [4.69, 9.17) is 11.6 Å². The van der Waals surface area contributed by atoms with Gasteiger partial charge in [-0.05, 0) is 54.8 Å². The summed E-state index contributed by atoms with van der Waals surface area (Å²) in [6.07, 6.45) is 10.9. The summed E-state index contributed by atoms with van der Waals surface area (Å²) < 4.78 is 0. The molecule has 1 aliphatic heterocycles. The third kappa shape index (κ3) is 5.85. The topological polar surface area (TPSA) is 96.0 Å². The molecule has 2 heterocycles. The first-order valence-electron chi connectivity index (χ1n) is 12.7. The van der Waals surface area contributed by atoms with Gasteiger partial charge in [-0.25, -0.2) is 9.97 Å². The molecule has 0 bridgehead atoms. The van der Waals surface area contributed by atoms with E-state index in [2.05, 4.69) is 25.9 Å². The van der Waals surface area contributed by atoms with Crippen molar-refractivity contribution in [3.8, 4) is 11.3 Å². The molecule has 1 aromatic heterocycles. The first kappa shape index (κ1) is 24.3. The molecule has 7 nitrogen and oxygen atoms in total. The minimum atomic E-state index is -0.135. The van der Waals surface area contributed by atoms with Crippen molar-refractivity contribution in [2.75, 3.05) is 17.2 Å². The Bertz CT molecular complexity index is 1260. The van der Waals surface area contributed by atoms with Crippen LogP contribution >= 0.6 is 11.6 Å². The summed E-state index contributed by atoms with van der Waals surface area (Å²) in [6.45, 7) is 0.707. The van der Waals surface area contributed by atoms with Crippen LogP contribution < -0.4 is 16.0 Å². The number of benzene rings is 2. The molecule has 3 N–H and O–H groups in total. The van der Waals surface area contributed by atoms with Gasteiger partial charge in [-0.15, -0.1) is 0 Å². The van der Waals surface area contributed by atoms with Gasteiger partial charge in [0.15, 0.2) is 0 Å². The maximum absolute atomic E-state index is 12.5. The van der Waals surface area contributed by atoms with Crippen LogP contribution in [0.1, 0.15) is 60.9 Å². The van der Waals surface area contributed by atoms with Crippen LogP contribution in [0.15, 0.2) is 48.7 Å². The Morgan fingerprint density at radius 3 is 2.69 bits per heavy atom. The second-order valence-electron chi connectivity index (χ2n) is 9.59. The Hall–Kier alpha value is -3.45. The van der Waals surface area contributed by atoms with Crippen molar-refractivity contribution < 1.29 is 9.59 Å². The Balaban J connectivity index is 1.20. The quantitative estimate of drug-likeness (QED) is 0.321. The van der Waals surface area contributed by atoms with Gasteiger partial charge in [-0.2, -0.15) is 0 Å². The second kappa shape index (κ2) is 11.1. The van der Waals surface area contributed by atoms with Gasteiger partial charge in [0.2, 0.25) is 11.9 Å². The highest BCUT2D eigenvalue weighted by atomic mass is 35.5. The summed E-state index contributed by atoms with van der Waals surface area (Å²) in [5, 5.41) is 9.64. The molecule has 0 radical (unpaired) electrons. The maximum atomic E-state index is 12.5.